The minimum atomic E-state index is -1.40. The van der Waals surface area contributed by atoms with Crippen LogP contribution in [-0.4, -0.2) is 91.3 Å². The van der Waals surface area contributed by atoms with Crippen molar-refractivity contribution in [2.45, 2.75) is 94.0 Å². The Balaban J connectivity index is 1.79. The summed E-state index contributed by atoms with van der Waals surface area (Å²) in [6.45, 7) is 6.44. The second-order valence-corrected chi connectivity index (χ2v) is 12.7. The molecule has 4 N–H and O–H groups in total. The third kappa shape index (κ3) is 7.72. The number of rotatable bonds is 12. The van der Waals surface area contributed by atoms with Gasteiger partial charge in [-0.25, -0.2) is 13.6 Å². The molecule has 2 fully saturated rings. The van der Waals surface area contributed by atoms with Crippen molar-refractivity contribution < 1.29 is 43.3 Å². The average Bonchev–Trinajstić information content (AvgIpc) is 3.67. The number of nitrogens with zero attached hydrogens (tertiary/aromatic N) is 4. The number of nitro groups is 1. The second-order valence-electron chi connectivity index (χ2n) is 11.7. The van der Waals surface area contributed by atoms with Crippen LogP contribution >= 0.6 is 11.8 Å². The standard InChI is InChI=1S/C28H37F2N5O8S/c1-5-10-44-26-32-24(31-18-13-20(42-9-8-36)23(38)22(18)37)21(35(40)41)25(33-26)34(27(39)43-28(2,3)4)19-12-15(19)14-6-7-16(29)17(30)11-14/h6-7,11,15,18-20,22-23,36-38H,5,8-10,12-13H2,1-4H3,(H,31,32,33)/t15-,18+,19+,20-,22-,23+/m0/s1. The zero-order chi connectivity index (χ0) is 32.3. The molecule has 242 valence electrons. The van der Waals surface area contributed by atoms with Gasteiger partial charge in [-0.05, 0) is 57.7 Å². The topological polar surface area (TPSA) is 180 Å². The number of aliphatic hydroxyl groups excluding tert-OH is 3. The van der Waals surface area contributed by atoms with Crippen LogP contribution in [0.15, 0.2) is 23.4 Å². The number of anilines is 2. The van der Waals surface area contributed by atoms with Crippen LogP contribution in [-0.2, 0) is 9.47 Å². The van der Waals surface area contributed by atoms with Crippen molar-refractivity contribution in [2.24, 2.45) is 0 Å². The van der Waals surface area contributed by atoms with Crippen LogP contribution in [0.4, 0.5) is 30.9 Å². The Kier molecular flexibility index (Phi) is 10.6. The molecule has 0 aliphatic heterocycles. The van der Waals surface area contributed by atoms with Gasteiger partial charge in [-0.15, -0.1) is 0 Å². The largest absolute Gasteiger partial charge is 0.443 e. The highest BCUT2D eigenvalue weighted by atomic mass is 32.2. The number of ether oxygens (including phenoxy) is 2. The number of nitrogens with one attached hydrogen (secondary N) is 1. The van der Waals surface area contributed by atoms with Crippen LogP contribution in [0.2, 0.25) is 0 Å². The summed E-state index contributed by atoms with van der Waals surface area (Å²) in [5.74, 6) is -2.70. The van der Waals surface area contributed by atoms with Crippen molar-refractivity contribution in [3.63, 3.8) is 0 Å². The minimum absolute atomic E-state index is 0.0346. The Hall–Kier alpha value is -3.18. The van der Waals surface area contributed by atoms with Crippen LogP contribution in [0.1, 0.15) is 58.4 Å². The number of carbonyl (C=O) groups is 1. The highest BCUT2D eigenvalue weighted by Crippen LogP contribution is 2.49. The number of carbonyl (C=O) groups excluding carboxylic acids is 1. The summed E-state index contributed by atoms with van der Waals surface area (Å²) in [6.07, 6.45) is -3.50. The lowest BCUT2D eigenvalue weighted by Crippen LogP contribution is -2.40. The zero-order valence-electron chi connectivity index (χ0n) is 24.8. The molecule has 1 aromatic heterocycles. The summed E-state index contributed by atoms with van der Waals surface area (Å²) in [6, 6.07) is 1.72. The van der Waals surface area contributed by atoms with Gasteiger partial charge < -0.3 is 30.1 Å². The van der Waals surface area contributed by atoms with Gasteiger partial charge in [0.25, 0.3) is 0 Å². The van der Waals surface area contributed by atoms with E-state index in [1.165, 1.54) is 17.8 Å². The van der Waals surface area contributed by atoms with Gasteiger partial charge in [0.05, 0.1) is 30.3 Å². The van der Waals surface area contributed by atoms with Gasteiger partial charge in [0.1, 0.15) is 17.8 Å². The summed E-state index contributed by atoms with van der Waals surface area (Å²) >= 11 is 1.20. The van der Waals surface area contributed by atoms with E-state index in [-0.39, 0.29) is 42.8 Å². The van der Waals surface area contributed by atoms with Crippen molar-refractivity contribution >= 4 is 35.2 Å². The fraction of sp³-hybridized carbons (Fsp3) is 0.607. The first-order valence-corrected chi connectivity index (χ1v) is 15.3. The molecule has 4 rings (SSSR count). The summed E-state index contributed by atoms with van der Waals surface area (Å²) < 4.78 is 38.8. The van der Waals surface area contributed by atoms with Gasteiger partial charge in [-0.2, -0.15) is 9.97 Å². The van der Waals surface area contributed by atoms with E-state index in [1.54, 1.807) is 20.8 Å². The maximum Gasteiger partial charge on any atom is 0.416 e. The number of aromatic nitrogens is 2. The predicted octanol–water partition coefficient (Wildman–Crippen LogP) is 3.75. The SMILES string of the molecule is CCCSc1nc(N[C@@H]2C[C@H](OCCO)[C@@H](O)[C@H]2O)c([N+](=O)[O-])c(N(C(=O)OC(C)(C)C)[C@@H]2C[C@H]2c2ccc(F)c(F)c2)n1. The maximum absolute atomic E-state index is 14.1. The van der Waals surface area contributed by atoms with Gasteiger partial charge in [0.2, 0.25) is 11.6 Å². The molecular weight excluding hydrogens is 604 g/mol. The molecular formula is C28H37F2N5O8S. The van der Waals surface area contributed by atoms with E-state index in [4.69, 9.17) is 14.6 Å². The second kappa shape index (κ2) is 13.9. The number of benzene rings is 1. The average molecular weight is 642 g/mol. The first-order chi connectivity index (χ1) is 20.7. The van der Waals surface area contributed by atoms with E-state index in [1.807, 2.05) is 6.92 Å². The van der Waals surface area contributed by atoms with Crippen molar-refractivity contribution in [2.75, 3.05) is 29.2 Å². The summed E-state index contributed by atoms with van der Waals surface area (Å²) in [7, 11) is 0. The van der Waals surface area contributed by atoms with Gasteiger partial charge in [-0.3, -0.25) is 15.0 Å². The fourth-order valence-corrected chi connectivity index (χ4v) is 5.75. The number of hydrogen-bond donors (Lipinski definition) is 4. The number of amides is 1. The molecule has 1 aromatic carbocycles. The Morgan fingerprint density at radius 2 is 1.93 bits per heavy atom. The van der Waals surface area contributed by atoms with E-state index >= 15 is 0 Å². The van der Waals surface area contributed by atoms with Crippen molar-refractivity contribution in [3.8, 4) is 0 Å². The van der Waals surface area contributed by atoms with Crippen LogP contribution in [0.25, 0.3) is 0 Å². The molecule has 2 aliphatic rings. The van der Waals surface area contributed by atoms with Crippen LogP contribution in [0, 0.1) is 21.7 Å². The lowest BCUT2D eigenvalue weighted by molar-refractivity contribution is -0.383. The molecule has 16 heteroatoms. The molecule has 2 aromatic rings. The Morgan fingerprint density at radius 3 is 2.55 bits per heavy atom. The van der Waals surface area contributed by atoms with Crippen LogP contribution in [0.3, 0.4) is 0 Å². The molecule has 1 heterocycles. The van der Waals surface area contributed by atoms with Crippen molar-refractivity contribution in [3.05, 3.63) is 45.5 Å². The lowest BCUT2D eigenvalue weighted by Gasteiger charge is -2.28. The molecule has 0 radical (unpaired) electrons. The summed E-state index contributed by atoms with van der Waals surface area (Å²) in [5, 5.41) is 45.9. The van der Waals surface area contributed by atoms with Gasteiger partial charge in [-0.1, -0.05) is 24.8 Å². The van der Waals surface area contributed by atoms with E-state index < -0.39 is 70.3 Å². The monoisotopic (exact) mass is 641 g/mol. The molecule has 6 atom stereocenters. The number of thioether (sulfide) groups is 1. The number of halogens is 2. The zero-order valence-corrected chi connectivity index (χ0v) is 25.6. The first-order valence-electron chi connectivity index (χ1n) is 14.3. The Bertz CT molecular complexity index is 1370. The fourth-order valence-electron chi connectivity index (χ4n) is 5.05. The van der Waals surface area contributed by atoms with Gasteiger partial charge in [0.15, 0.2) is 16.8 Å². The van der Waals surface area contributed by atoms with E-state index in [9.17, 15) is 33.9 Å². The Morgan fingerprint density at radius 1 is 1.20 bits per heavy atom. The van der Waals surface area contributed by atoms with Crippen LogP contribution < -0.4 is 10.2 Å². The first kappa shape index (κ1) is 33.7. The maximum atomic E-state index is 14.1. The van der Waals surface area contributed by atoms with E-state index in [2.05, 4.69) is 15.3 Å². The molecule has 1 amide bonds. The van der Waals surface area contributed by atoms with Crippen molar-refractivity contribution in [1.82, 2.24) is 9.97 Å². The van der Waals surface area contributed by atoms with E-state index in [0.29, 0.717) is 11.3 Å². The van der Waals surface area contributed by atoms with Gasteiger partial charge >= 0.3 is 11.8 Å². The normalized spacial score (nSPS) is 24.7. The Labute approximate surface area is 257 Å². The number of aliphatic hydroxyl groups is 3. The third-order valence-electron chi connectivity index (χ3n) is 7.12. The molecule has 2 aliphatic carbocycles. The number of hydrogen-bond acceptors (Lipinski definition) is 12. The quantitative estimate of drug-likeness (QED) is 0.114. The molecule has 2 saturated carbocycles. The molecule has 0 spiro atoms. The molecule has 0 bridgehead atoms. The molecule has 0 saturated heterocycles. The summed E-state index contributed by atoms with van der Waals surface area (Å²) in [4.78, 5) is 35.4. The molecule has 13 nitrogen and oxygen atoms in total. The molecule has 44 heavy (non-hydrogen) atoms. The van der Waals surface area contributed by atoms with Crippen molar-refractivity contribution in [1.29, 1.82) is 0 Å². The predicted molar refractivity (Wildman–Crippen MR) is 157 cm³/mol. The van der Waals surface area contributed by atoms with Gasteiger partial charge in [0, 0.05) is 17.7 Å². The summed E-state index contributed by atoms with van der Waals surface area (Å²) in [5.41, 5.74) is -1.26. The minimum Gasteiger partial charge on any atom is -0.443 e. The smallest absolute Gasteiger partial charge is 0.416 e. The third-order valence-corrected chi connectivity index (χ3v) is 8.17. The van der Waals surface area contributed by atoms with Crippen LogP contribution in [0.5, 0.6) is 0 Å². The highest BCUT2D eigenvalue weighted by Gasteiger charge is 2.51. The highest BCUT2D eigenvalue weighted by molar-refractivity contribution is 7.99. The van der Waals surface area contributed by atoms with E-state index in [0.717, 1.165) is 23.5 Å². The molecule has 0 unspecified atom stereocenters. The lowest BCUT2D eigenvalue weighted by atomic mass is 10.1.